The SMILES string of the molecule is O=C(C[C@@H](c1ccsc1)n1cccc1)N1CCN(C/C=C/c2ccccc2)CC1. The molecular weight excluding hydrogens is 378 g/mol. The Labute approximate surface area is 176 Å². The van der Waals surface area contributed by atoms with Gasteiger partial charge in [-0.1, -0.05) is 42.5 Å². The van der Waals surface area contributed by atoms with Crippen LogP contribution < -0.4 is 0 Å². The molecule has 5 heteroatoms. The summed E-state index contributed by atoms with van der Waals surface area (Å²) in [6.07, 6.45) is 8.99. The van der Waals surface area contributed by atoms with Crippen LogP contribution in [-0.2, 0) is 4.79 Å². The first kappa shape index (κ1) is 19.7. The minimum atomic E-state index is 0.0792. The zero-order valence-electron chi connectivity index (χ0n) is 16.6. The predicted molar refractivity (Wildman–Crippen MR) is 120 cm³/mol. The third-order valence-electron chi connectivity index (χ3n) is 5.48. The normalized spacial score (nSPS) is 16.3. The van der Waals surface area contributed by atoms with Crippen molar-refractivity contribution >= 4 is 23.3 Å². The molecule has 4 rings (SSSR count). The fraction of sp³-hybridized carbons (Fsp3) is 0.292. The summed E-state index contributed by atoms with van der Waals surface area (Å²) in [6, 6.07) is 16.6. The summed E-state index contributed by atoms with van der Waals surface area (Å²) in [7, 11) is 0. The van der Waals surface area contributed by atoms with E-state index in [0.29, 0.717) is 6.42 Å². The minimum absolute atomic E-state index is 0.0792. The van der Waals surface area contributed by atoms with E-state index in [1.165, 1.54) is 11.1 Å². The largest absolute Gasteiger partial charge is 0.346 e. The Morgan fingerprint density at radius 2 is 1.76 bits per heavy atom. The Morgan fingerprint density at radius 3 is 2.45 bits per heavy atom. The summed E-state index contributed by atoms with van der Waals surface area (Å²) in [6.45, 7) is 4.40. The molecule has 1 amide bonds. The van der Waals surface area contributed by atoms with Crippen LogP contribution in [0.15, 0.2) is 77.8 Å². The van der Waals surface area contributed by atoms with E-state index in [4.69, 9.17) is 0 Å². The first-order valence-corrected chi connectivity index (χ1v) is 11.1. The number of rotatable bonds is 7. The van der Waals surface area contributed by atoms with E-state index in [-0.39, 0.29) is 11.9 Å². The highest BCUT2D eigenvalue weighted by molar-refractivity contribution is 7.08. The van der Waals surface area contributed by atoms with Crippen molar-refractivity contribution in [2.75, 3.05) is 32.7 Å². The third kappa shape index (κ3) is 5.25. The van der Waals surface area contributed by atoms with Crippen LogP contribution in [0, 0.1) is 0 Å². The third-order valence-corrected chi connectivity index (χ3v) is 6.18. The highest BCUT2D eigenvalue weighted by atomic mass is 32.1. The van der Waals surface area contributed by atoms with E-state index >= 15 is 0 Å². The van der Waals surface area contributed by atoms with Crippen molar-refractivity contribution in [3.8, 4) is 0 Å². The van der Waals surface area contributed by atoms with Crippen molar-refractivity contribution in [1.82, 2.24) is 14.4 Å². The number of amides is 1. The molecule has 3 heterocycles. The van der Waals surface area contributed by atoms with Crippen molar-refractivity contribution in [3.05, 3.63) is 88.9 Å². The van der Waals surface area contributed by atoms with Gasteiger partial charge in [0.1, 0.15) is 0 Å². The van der Waals surface area contributed by atoms with Gasteiger partial charge in [0.05, 0.1) is 12.5 Å². The molecule has 0 spiro atoms. The Morgan fingerprint density at radius 1 is 1.00 bits per heavy atom. The van der Waals surface area contributed by atoms with Gasteiger partial charge in [0.15, 0.2) is 0 Å². The Hall–Kier alpha value is -2.63. The van der Waals surface area contributed by atoms with Gasteiger partial charge in [-0.15, -0.1) is 0 Å². The van der Waals surface area contributed by atoms with E-state index in [1.807, 2.05) is 35.5 Å². The number of piperazine rings is 1. The van der Waals surface area contributed by atoms with Gasteiger partial charge in [-0.2, -0.15) is 11.3 Å². The molecule has 4 nitrogen and oxygen atoms in total. The van der Waals surface area contributed by atoms with Gasteiger partial charge in [-0.25, -0.2) is 0 Å². The molecule has 3 aromatic rings. The molecule has 1 aliphatic rings. The average molecular weight is 406 g/mol. The second kappa shape index (κ2) is 9.72. The fourth-order valence-electron chi connectivity index (χ4n) is 3.79. The van der Waals surface area contributed by atoms with Gasteiger partial charge in [-0.05, 0) is 40.1 Å². The molecule has 1 saturated heterocycles. The zero-order chi connectivity index (χ0) is 19.9. The number of aromatic nitrogens is 1. The van der Waals surface area contributed by atoms with Gasteiger partial charge in [0.25, 0.3) is 0 Å². The second-order valence-corrected chi connectivity index (χ2v) is 8.18. The van der Waals surface area contributed by atoms with E-state index in [9.17, 15) is 4.79 Å². The lowest BCUT2D eigenvalue weighted by Crippen LogP contribution is -2.49. The molecule has 0 aliphatic carbocycles. The van der Waals surface area contributed by atoms with Gasteiger partial charge >= 0.3 is 0 Å². The Bertz CT molecular complexity index is 861. The molecule has 0 N–H and O–H groups in total. The number of carbonyl (C=O) groups excluding carboxylic acids is 1. The number of thiophene rings is 1. The van der Waals surface area contributed by atoms with E-state index < -0.39 is 0 Å². The summed E-state index contributed by atoms with van der Waals surface area (Å²) in [5.74, 6) is 0.245. The highest BCUT2D eigenvalue weighted by Crippen LogP contribution is 2.25. The van der Waals surface area contributed by atoms with Crippen molar-refractivity contribution in [1.29, 1.82) is 0 Å². The number of carbonyl (C=O) groups is 1. The second-order valence-electron chi connectivity index (χ2n) is 7.40. The van der Waals surface area contributed by atoms with E-state index in [2.05, 4.69) is 62.7 Å². The molecule has 1 atom stereocenters. The molecule has 0 saturated carbocycles. The monoisotopic (exact) mass is 405 g/mol. The minimum Gasteiger partial charge on any atom is -0.346 e. The summed E-state index contributed by atoms with van der Waals surface area (Å²) in [4.78, 5) is 17.4. The smallest absolute Gasteiger partial charge is 0.225 e. The topological polar surface area (TPSA) is 28.5 Å². The van der Waals surface area contributed by atoms with Gasteiger partial charge in [-0.3, -0.25) is 9.69 Å². The standard InChI is InChI=1S/C24H27N3OS/c28-24(19-23(22-10-18-29-20-22)26-12-4-5-13-26)27-16-14-25(15-17-27)11-6-9-21-7-2-1-3-8-21/h1-10,12-13,18,20,23H,11,14-17,19H2/b9-6+/t23-/m0/s1. The lowest BCUT2D eigenvalue weighted by molar-refractivity contribution is -0.133. The predicted octanol–water partition coefficient (Wildman–Crippen LogP) is 4.39. The first-order valence-electron chi connectivity index (χ1n) is 10.2. The summed E-state index contributed by atoms with van der Waals surface area (Å²) in [5.41, 5.74) is 2.44. The van der Waals surface area contributed by atoms with Crippen molar-refractivity contribution in [2.45, 2.75) is 12.5 Å². The fourth-order valence-corrected chi connectivity index (χ4v) is 4.50. The highest BCUT2D eigenvalue weighted by Gasteiger charge is 2.24. The van der Waals surface area contributed by atoms with Crippen molar-refractivity contribution in [3.63, 3.8) is 0 Å². The van der Waals surface area contributed by atoms with Crippen LogP contribution in [0.4, 0.5) is 0 Å². The molecule has 150 valence electrons. The van der Waals surface area contributed by atoms with Gasteiger partial charge < -0.3 is 9.47 Å². The molecule has 0 radical (unpaired) electrons. The number of hydrogen-bond acceptors (Lipinski definition) is 3. The van der Waals surface area contributed by atoms with Crippen LogP contribution in [0.2, 0.25) is 0 Å². The number of hydrogen-bond donors (Lipinski definition) is 0. The number of benzene rings is 1. The molecular formula is C24H27N3OS. The Kier molecular flexibility index (Phi) is 6.60. The molecule has 29 heavy (non-hydrogen) atoms. The van der Waals surface area contributed by atoms with E-state index in [1.54, 1.807) is 11.3 Å². The summed E-state index contributed by atoms with van der Waals surface area (Å²) in [5, 5.41) is 4.23. The average Bonchev–Trinajstić information content (AvgIpc) is 3.48. The first-order chi connectivity index (χ1) is 14.3. The summed E-state index contributed by atoms with van der Waals surface area (Å²) >= 11 is 1.68. The van der Waals surface area contributed by atoms with Crippen LogP contribution in [0.3, 0.4) is 0 Å². The van der Waals surface area contributed by atoms with Crippen LogP contribution >= 0.6 is 11.3 Å². The molecule has 1 aliphatic heterocycles. The zero-order valence-corrected chi connectivity index (χ0v) is 17.4. The molecule has 0 bridgehead atoms. The lowest BCUT2D eigenvalue weighted by atomic mass is 10.1. The van der Waals surface area contributed by atoms with Crippen LogP contribution in [0.25, 0.3) is 6.08 Å². The molecule has 1 fully saturated rings. The summed E-state index contributed by atoms with van der Waals surface area (Å²) < 4.78 is 2.14. The van der Waals surface area contributed by atoms with Crippen molar-refractivity contribution in [2.24, 2.45) is 0 Å². The molecule has 0 unspecified atom stereocenters. The van der Waals surface area contributed by atoms with Gasteiger partial charge in [0.2, 0.25) is 5.91 Å². The van der Waals surface area contributed by atoms with Crippen LogP contribution in [0.5, 0.6) is 0 Å². The van der Waals surface area contributed by atoms with E-state index in [0.717, 1.165) is 32.7 Å². The van der Waals surface area contributed by atoms with Crippen molar-refractivity contribution < 1.29 is 4.79 Å². The number of nitrogens with zero attached hydrogens (tertiary/aromatic N) is 3. The quantitative estimate of drug-likeness (QED) is 0.583. The maximum Gasteiger partial charge on any atom is 0.225 e. The lowest BCUT2D eigenvalue weighted by Gasteiger charge is -2.35. The van der Waals surface area contributed by atoms with Crippen LogP contribution in [-0.4, -0.2) is 53.0 Å². The van der Waals surface area contributed by atoms with Gasteiger partial charge in [0, 0.05) is 45.1 Å². The maximum absolute atomic E-state index is 13.0. The molecule has 2 aromatic heterocycles. The van der Waals surface area contributed by atoms with Crippen LogP contribution in [0.1, 0.15) is 23.6 Å². The maximum atomic E-state index is 13.0. The molecule has 1 aromatic carbocycles. The Balaban J connectivity index is 1.29.